The van der Waals surface area contributed by atoms with Gasteiger partial charge < -0.3 is 0 Å². The van der Waals surface area contributed by atoms with Crippen molar-refractivity contribution in [3.63, 3.8) is 0 Å². The zero-order chi connectivity index (χ0) is 22.9. The number of nitrogens with one attached hydrogen (secondary N) is 1. The Morgan fingerprint density at radius 2 is 1.52 bits per heavy atom. The van der Waals surface area contributed by atoms with Crippen molar-refractivity contribution in [1.82, 2.24) is 4.98 Å². The fraction of sp³-hybridized carbons (Fsp3) is 0.167. The molecule has 1 aromatic heterocycles. The van der Waals surface area contributed by atoms with E-state index in [-0.39, 0.29) is 27.1 Å². The Morgan fingerprint density at radius 1 is 0.935 bits per heavy atom. The maximum atomic E-state index is 12.6. The predicted octanol–water partition coefficient (Wildman–Crippen LogP) is 4.63. The summed E-state index contributed by atoms with van der Waals surface area (Å²) in [5.74, 6) is -0.347. The zero-order valence-corrected chi connectivity index (χ0v) is 18.6. The second-order valence-electron chi connectivity index (χ2n) is 6.31. The summed E-state index contributed by atoms with van der Waals surface area (Å²) in [5, 5.41) is 0.0678. The number of thiazole rings is 1. The van der Waals surface area contributed by atoms with E-state index in [1.54, 1.807) is 0 Å². The molecule has 0 amide bonds. The van der Waals surface area contributed by atoms with Gasteiger partial charge in [0.25, 0.3) is 10.0 Å². The van der Waals surface area contributed by atoms with Gasteiger partial charge in [0.1, 0.15) is 4.34 Å². The molecule has 166 valence electrons. The van der Waals surface area contributed by atoms with Gasteiger partial charge in [0.2, 0.25) is 0 Å². The average Bonchev–Trinajstić information content (AvgIpc) is 3.10. The van der Waals surface area contributed by atoms with Gasteiger partial charge in [-0.15, -0.1) is 0 Å². The number of nitrogens with zero attached hydrogens (tertiary/aromatic N) is 1. The molecule has 0 spiro atoms. The first kappa shape index (κ1) is 23.5. The molecule has 0 saturated carbocycles. The van der Waals surface area contributed by atoms with Crippen LogP contribution in [0.15, 0.2) is 64.5 Å². The summed E-state index contributed by atoms with van der Waals surface area (Å²) in [6.07, 6.45) is -3.17. The van der Waals surface area contributed by atoms with E-state index in [0.29, 0.717) is 9.90 Å². The lowest BCUT2D eigenvalue weighted by molar-refractivity contribution is -0.137. The first-order valence-corrected chi connectivity index (χ1v) is 12.8. The third-order valence-corrected chi connectivity index (χ3v) is 8.38. The van der Waals surface area contributed by atoms with Gasteiger partial charge in [-0.3, -0.25) is 4.72 Å². The van der Waals surface area contributed by atoms with Gasteiger partial charge in [-0.05, 0) is 48.4 Å². The molecule has 1 heterocycles. The SMILES string of the molecule is O=S(=O)(CCc1ccc(C(F)(F)F)cc1)c1ccc(S(=O)(=O)Nc2ncc(Cl)s2)cc1. The smallest absolute Gasteiger partial charge is 0.255 e. The Bertz CT molecular complexity index is 1270. The predicted molar refractivity (Wildman–Crippen MR) is 112 cm³/mol. The fourth-order valence-electron chi connectivity index (χ4n) is 2.53. The van der Waals surface area contributed by atoms with Crippen molar-refractivity contribution in [2.45, 2.75) is 22.4 Å². The number of hydrogen-bond acceptors (Lipinski definition) is 6. The van der Waals surface area contributed by atoms with E-state index in [1.807, 2.05) is 0 Å². The number of benzene rings is 2. The largest absolute Gasteiger partial charge is 0.416 e. The molecule has 0 aliphatic rings. The van der Waals surface area contributed by atoms with Crippen LogP contribution in [0.5, 0.6) is 0 Å². The van der Waals surface area contributed by atoms with Crippen molar-refractivity contribution < 1.29 is 30.0 Å². The molecule has 3 rings (SSSR count). The van der Waals surface area contributed by atoms with E-state index in [9.17, 15) is 30.0 Å². The first-order valence-electron chi connectivity index (χ1n) is 8.50. The number of aryl methyl sites for hydroxylation is 1. The molecular formula is C18H14ClF3N2O4S3. The van der Waals surface area contributed by atoms with Crippen molar-refractivity contribution >= 4 is 47.9 Å². The Hall–Kier alpha value is -2.15. The number of halogens is 4. The number of alkyl halides is 3. The summed E-state index contributed by atoms with van der Waals surface area (Å²) >= 11 is 6.64. The Labute approximate surface area is 185 Å². The Balaban J connectivity index is 1.69. The topological polar surface area (TPSA) is 93.2 Å². The molecule has 0 radical (unpaired) electrons. The van der Waals surface area contributed by atoms with Crippen LogP contribution in [-0.4, -0.2) is 27.6 Å². The van der Waals surface area contributed by atoms with Gasteiger partial charge in [0.15, 0.2) is 15.0 Å². The summed E-state index contributed by atoms with van der Waals surface area (Å²) < 4.78 is 90.1. The van der Waals surface area contributed by atoms with Crippen LogP contribution >= 0.6 is 22.9 Å². The molecule has 3 aromatic rings. The summed E-state index contributed by atoms with van der Waals surface area (Å²) in [6.45, 7) is 0. The molecule has 0 atom stereocenters. The molecule has 0 aliphatic heterocycles. The van der Waals surface area contributed by atoms with Gasteiger partial charge >= 0.3 is 6.18 Å². The number of sulfonamides is 1. The number of sulfone groups is 1. The van der Waals surface area contributed by atoms with Crippen LogP contribution in [0.25, 0.3) is 0 Å². The third kappa shape index (κ3) is 5.97. The average molecular weight is 511 g/mol. The van der Waals surface area contributed by atoms with Crippen LogP contribution in [0.4, 0.5) is 18.3 Å². The molecule has 6 nitrogen and oxygen atoms in total. The van der Waals surface area contributed by atoms with E-state index in [1.165, 1.54) is 18.3 Å². The second-order valence-corrected chi connectivity index (χ2v) is 11.8. The Morgan fingerprint density at radius 3 is 2.03 bits per heavy atom. The van der Waals surface area contributed by atoms with Gasteiger partial charge in [-0.1, -0.05) is 35.1 Å². The van der Waals surface area contributed by atoms with Crippen LogP contribution in [0.2, 0.25) is 4.34 Å². The van der Waals surface area contributed by atoms with Crippen LogP contribution in [-0.2, 0) is 32.5 Å². The second kappa shape index (κ2) is 8.77. The quantitative estimate of drug-likeness (QED) is 0.500. The lowest BCUT2D eigenvalue weighted by Crippen LogP contribution is -2.14. The van der Waals surface area contributed by atoms with Gasteiger partial charge in [-0.2, -0.15) is 13.2 Å². The molecule has 13 heteroatoms. The molecule has 1 N–H and O–H groups in total. The van der Waals surface area contributed by atoms with Crippen molar-refractivity contribution in [2.24, 2.45) is 0 Å². The van der Waals surface area contributed by atoms with E-state index in [0.717, 1.165) is 47.7 Å². The van der Waals surface area contributed by atoms with E-state index in [2.05, 4.69) is 9.71 Å². The lowest BCUT2D eigenvalue weighted by atomic mass is 10.1. The van der Waals surface area contributed by atoms with E-state index >= 15 is 0 Å². The highest BCUT2D eigenvalue weighted by molar-refractivity contribution is 7.93. The highest BCUT2D eigenvalue weighted by atomic mass is 35.5. The van der Waals surface area contributed by atoms with Gasteiger partial charge in [0.05, 0.1) is 27.3 Å². The minimum absolute atomic E-state index is 0.00683. The lowest BCUT2D eigenvalue weighted by Gasteiger charge is -2.09. The maximum Gasteiger partial charge on any atom is 0.416 e. The number of aromatic nitrogens is 1. The number of anilines is 1. The maximum absolute atomic E-state index is 12.6. The molecule has 0 bridgehead atoms. The van der Waals surface area contributed by atoms with Gasteiger partial charge in [-0.25, -0.2) is 21.8 Å². The van der Waals surface area contributed by atoms with E-state index < -0.39 is 31.6 Å². The zero-order valence-electron chi connectivity index (χ0n) is 15.4. The number of hydrogen-bond donors (Lipinski definition) is 1. The summed E-state index contributed by atoms with van der Waals surface area (Å²) in [4.78, 5) is 3.53. The molecule has 0 unspecified atom stereocenters. The first-order chi connectivity index (χ1) is 14.4. The highest BCUT2D eigenvalue weighted by Crippen LogP contribution is 2.29. The minimum atomic E-state index is -4.46. The monoisotopic (exact) mass is 510 g/mol. The summed E-state index contributed by atoms with van der Waals surface area (Å²) in [5.41, 5.74) is -0.383. The standard InChI is InChI=1S/C18H14ClF3N2O4S3/c19-16-11-23-17(29-16)24-31(27,28)15-7-5-14(6-8-15)30(25,26)10-9-12-1-3-13(4-2-12)18(20,21)22/h1-8,11H,9-10H2,(H,23,24). The fourth-order valence-corrected chi connectivity index (χ4v) is 5.88. The molecule has 31 heavy (non-hydrogen) atoms. The molecule has 2 aromatic carbocycles. The highest BCUT2D eigenvalue weighted by Gasteiger charge is 2.30. The van der Waals surface area contributed by atoms with Gasteiger partial charge in [0, 0.05) is 0 Å². The van der Waals surface area contributed by atoms with Crippen LogP contribution in [0, 0.1) is 0 Å². The molecular weight excluding hydrogens is 497 g/mol. The van der Waals surface area contributed by atoms with Crippen LogP contribution in [0.3, 0.4) is 0 Å². The van der Waals surface area contributed by atoms with Crippen molar-refractivity contribution in [3.05, 3.63) is 70.2 Å². The van der Waals surface area contributed by atoms with Crippen LogP contribution < -0.4 is 4.72 Å². The van der Waals surface area contributed by atoms with Crippen molar-refractivity contribution in [1.29, 1.82) is 0 Å². The van der Waals surface area contributed by atoms with Crippen molar-refractivity contribution in [2.75, 3.05) is 10.5 Å². The van der Waals surface area contributed by atoms with Crippen LogP contribution in [0.1, 0.15) is 11.1 Å². The third-order valence-electron chi connectivity index (χ3n) is 4.13. The molecule has 0 saturated heterocycles. The van der Waals surface area contributed by atoms with Crippen molar-refractivity contribution in [3.8, 4) is 0 Å². The Kier molecular flexibility index (Phi) is 6.65. The molecule has 0 aliphatic carbocycles. The minimum Gasteiger partial charge on any atom is -0.255 e. The number of rotatable bonds is 7. The summed E-state index contributed by atoms with van der Waals surface area (Å²) in [7, 11) is -7.76. The normalized spacial score (nSPS) is 12.6. The molecule has 0 fully saturated rings. The van der Waals surface area contributed by atoms with E-state index in [4.69, 9.17) is 11.6 Å². The summed E-state index contributed by atoms with van der Waals surface area (Å²) in [6, 6.07) is 8.84.